The lowest BCUT2D eigenvalue weighted by Gasteiger charge is -2.30. The van der Waals surface area contributed by atoms with E-state index in [9.17, 15) is 33.6 Å². The Bertz CT molecular complexity index is 2500. The first-order chi connectivity index (χ1) is 34.9. The summed E-state index contributed by atoms with van der Waals surface area (Å²) < 4.78 is 42.6. The molecular weight excluding hydrogens is 945 g/mol. The molecule has 0 aliphatic carbocycles. The van der Waals surface area contributed by atoms with Gasteiger partial charge in [0.2, 0.25) is 0 Å². The van der Waals surface area contributed by atoms with Crippen molar-refractivity contribution in [3.8, 4) is 23.0 Å². The zero-order chi connectivity index (χ0) is 53.3. The molecule has 0 aliphatic heterocycles. The fourth-order valence-electron chi connectivity index (χ4n) is 6.43. The van der Waals surface area contributed by atoms with Crippen LogP contribution in [-0.2, 0) is 33.3 Å². The van der Waals surface area contributed by atoms with Gasteiger partial charge in [-0.15, -0.1) is 0 Å². The highest BCUT2D eigenvalue weighted by Crippen LogP contribution is 2.44. The predicted octanol–water partition coefficient (Wildman–Crippen LogP) is 7.95. The second-order valence-corrected chi connectivity index (χ2v) is 16.3. The van der Waals surface area contributed by atoms with E-state index in [1.165, 1.54) is 20.8 Å². The lowest BCUT2D eigenvalue weighted by molar-refractivity contribution is -0.139. The highest BCUT2D eigenvalue weighted by Gasteiger charge is 2.29. The van der Waals surface area contributed by atoms with Gasteiger partial charge in [-0.3, -0.25) is 0 Å². The fraction of sp³-hybridized carbons (Fsp3) is 0.278. The average molecular weight is 1010 g/mol. The quantitative estimate of drug-likeness (QED) is 0.0153. The molecule has 0 aromatic heterocycles. The number of carbonyl (C=O) groups excluding carboxylic acids is 7. The average Bonchev–Trinajstić information content (AvgIpc) is 3.35. The Morgan fingerprint density at radius 1 is 0.384 bits per heavy atom. The minimum Gasteiger partial charge on any atom is -0.460 e. The summed E-state index contributed by atoms with van der Waals surface area (Å²) >= 11 is 0. The van der Waals surface area contributed by atoms with Crippen molar-refractivity contribution in [3.05, 3.63) is 168 Å². The van der Waals surface area contributed by atoms with Gasteiger partial charge in [0.1, 0.15) is 42.8 Å². The first-order valence-corrected chi connectivity index (χ1v) is 22.8. The fourth-order valence-corrected chi connectivity index (χ4v) is 6.43. The van der Waals surface area contributed by atoms with Crippen molar-refractivity contribution in [2.45, 2.75) is 39.5 Å². The topological polar surface area (TPSA) is 241 Å². The summed E-state index contributed by atoms with van der Waals surface area (Å²) in [5, 5.41) is 10.2. The summed E-state index contributed by atoms with van der Waals surface area (Å²) in [7, 11) is 0. The number of nitrogens with one attached hydrogen (secondary N) is 4. The number of amides is 4. The van der Waals surface area contributed by atoms with Gasteiger partial charge in [0.15, 0.2) is 0 Å². The van der Waals surface area contributed by atoms with Gasteiger partial charge < -0.3 is 59.2 Å². The molecule has 0 saturated heterocycles. The van der Waals surface area contributed by atoms with Crippen molar-refractivity contribution < 1.29 is 71.5 Å². The van der Waals surface area contributed by atoms with Crippen LogP contribution < -0.4 is 40.2 Å². The molecule has 73 heavy (non-hydrogen) atoms. The van der Waals surface area contributed by atoms with Gasteiger partial charge in [0.05, 0.1) is 32.8 Å². The summed E-state index contributed by atoms with van der Waals surface area (Å²) in [5.74, 6) is -1.97. The second kappa shape index (κ2) is 29.5. The first kappa shape index (κ1) is 56.9. The van der Waals surface area contributed by atoms with Crippen molar-refractivity contribution >= 4 is 42.3 Å². The van der Waals surface area contributed by atoms with Crippen molar-refractivity contribution in [2.24, 2.45) is 0 Å². The molecule has 4 aromatic carbocycles. The van der Waals surface area contributed by atoms with Crippen LogP contribution in [0.15, 0.2) is 146 Å². The van der Waals surface area contributed by atoms with Crippen molar-refractivity contribution in [2.75, 3.05) is 59.2 Å². The Labute approximate surface area is 423 Å². The highest BCUT2D eigenvalue weighted by atomic mass is 16.6. The molecule has 19 nitrogen and oxygen atoms in total. The largest absolute Gasteiger partial charge is 0.460 e. The molecule has 4 N–H and O–H groups in total. The normalized spacial score (nSPS) is 10.9. The molecular formula is C54H60N4O15. The van der Waals surface area contributed by atoms with Crippen molar-refractivity contribution in [1.29, 1.82) is 0 Å². The maximum absolute atomic E-state index is 12.7. The van der Waals surface area contributed by atoms with Gasteiger partial charge >= 0.3 is 42.3 Å². The van der Waals surface area contributed by atoms with Gasteiger partial charge in [0.25, 0.3) is 0 Å². The molecule has 0 radical (unpaired) electrons. The summed E-state index contributed by atoms with van der Waals surface area (Å²) in [6.07, 6.45) is -3.03. The summed E-state index contributed by atoms with van der Waals surface area (Å²) in [6.45, 7) is 21.3. The first-order valence-electron chi connectivity index (χ1n) is 22.8. The molecule has 0 aliphatic rings. The zero-order valence-corrected chi connectivity index (χ0v) is 41.2. The number of carbonyl (C=O) groups is 7. The van der Waals surface area contributed by atoms with Crippen LogP contribution in [0.2, 0.25) is 0 Å². The second-order valence-electron chi connectivity index (χ2n) is 16.3. The highest BCUT2D eigenvalue weighted by molar-refractivity contribution is 5.87. The molecule has 1 atom stereocenters. The number of hydrogen-bond donors (Lipinski definition) is 4. The van der Waals surface area contributed by atoms with Crippen molar-refractivity contribution in [3.63, 3.8) is 0 Å². The number of benzene rings is 4. The van der Waals surface area contributed by atoms with Crippen LogP contribution in [0, 0.1) is 0 Å². The van der Waals surface area contributed by atoms with E-state index < -0.39 is 54.1 Å². The minimum atomic E-state index is -0.782. The Morgan fingerprint density at radius 3 is 0.836 bits per heavy atom. The Kier molecular flexibility index (Phi) is 23.0. The molecule has 1 unspecified atom stereocenters. The third-order valence-corrected chi connectivity index (χ3v) is 9.86. The summed E-state index contributed by atoms with van der Waals surface area (Å²) in [4.78, 5) is 85.9. The van der Waals surface area contributed by atoms with E-state index in [1.807, 2.05) is 6.92 Å². The molecule has 4 aromatic rings. The third kappa shape index (κ3) is 20.3. The van der Waals surface area contributed by atoms with Gasteiger partial charge in [-0.25, -0.2) is 33.6 Å². The van der Waals surface area contributed by atoms with E-state index in [-0.39, 0.29) is 92.3 Å². The van der Waals surface area contributed by atoms with Crippen molar-refractivity contribution in [1.82, 2.24) is 21.3 Å². The van der Waals surface area contributed by atoms with Gasteiger partial charge in [-0.2, -0.15) is 0 Å². The summed E-state index contributed by atoms with van der Waals surface area (Å²) in [6, 6.07) is 27.3. The van der Waals surface area contributed by atoms with Crippen LogP contribution in [0.25, 0.3) is 0 Å². The van der Waals surface area contributed by atoms with E-state index in [2.05, 4.69) is 47.6 Å². The molecule has 0 saturated carbocycles. The standard InChI is InChI=1S/C54H60N4O15/c1-34(2)33-66-29-25-55-51(62)70-42-17-9-38(10-18-42)46(39-11-19-43(20-12-39)71-52(63)56-26-30-67-48(59)35(3)4)47(40-13-21-44(22-14-40)72-53(64)57-27-31-68-49(60)36(5)6)41-15-23-45(24-16-41)73-54(65)58-28-32-69-50(61)37(7)8/h9-24,46-47H,1,3,5,7,25-33H2,2,4,6,8H3,(H,55,62)(H,56,63)(H,57,64)(H,58,65). The molecule has 0 bridgehead atoms. The lowest BCUT2D eigenvalue weighted by atomic mass is 9.73. The van der Waals surface area contributed by atoms with E-state index >= 15 is 0 Å². The molecule has 4 rings (SSSR count). The molecule has 0 spiro atoms. The maximum Gasteiger partial charge on any atom is 0.412 e. The van der Waals surface area contributed by atoms with E-state index in [4.69, 9.17) is 37.9 Å². The van der Waals surface area contributed by atoms with Crippen LogP contribution >= 0.6 is 0 Å². The Morgan fingerprint density at radius 2 is 0.616 bits per heavy atom. The number of esters is 3. The molecule has 4 amide bonds. The van der Waals surface area contributed by atoms with Crippen LogP contribution in [-0.4, -0.2) is 101 Å². The van der Waals surface area contributed by atoms with E-state index in [1.54, 1.807) is 97.1 Å². The minimum absolute atomic E-state index is 0.00608. The van der Waals surface area contributed by atoms with Crippen LogP contribution in [0.5, 0.6) is 23.0 Å². The SMILES string of the molecule is C=C(C)COCCNC(=O)Oc1ccc(C(c2ccc(OC(=O)NCCOC(=O)C(=C)C)cc2)C(c2ccc(OC(=O)NCCOC(=O)C(=C)C)cc2)c2ccc(OC(=O)NCCOC(=O)C(=C)C)cc2)cc1. The van der Waals surface area contributed by atoms with Gasteiger partial charge in [0, 0.05) is 35.1 Å². The van der Waals surface area contributed by atoms with Crippen LogP contribution in [0.1, 0.15) is 61.8 Å². The molecule has 19 heteroatoms. The molecule has 386 valence electrons. The van der Waals surface area contributed by atoms with Crippen LogP contribution in [0.4, 0.5) is 19.2 Å². The third-order valence-electron chi connectivity index (χ3n) is 9.86. The smallest absolute Gasteiger partial charge is 0.412 e. The van der Waals surface area contributed by atoms with Crippen LogP contribution in [0.3, 0.4) is 0 Å². The maximum atomic E-state index is 12.7. The van der Waals surface area contributed by atoms with E-state index in [0.717, 1.165) is 27.8 Å². The predicted molar refractivity (Wildman–Crippen MR) is 269 cm³/mol. The zero-order valence-electron chi connectivity index (χ0n) is 41.2. The number of ether oxygens (including phenoxy) is 8. The lowest BCUT2D eigenvalue weighted by Crippen LogP contribution is -2.30. The van der Waals surface area contributed by atoms with Gasteiger partial charge in [-0.05, 0) is 98.5 Å². The molecule has 0 fully saturated rings. The molecule has 0 heterocycles. The Hall–Kier alpha value is -8.71. The van der Waals surface area contributed by atoms with E-state index in [0.29, 0.717) is 6.61 Å². The number of hydrogen-bond acceptors (Lipinski definition) is 15. The summed E-state index contributed by atoms with van der Waals surface area (Å²) in [5.41, 5.74) is 4.48. The number of rotatable bonds is 26. The van der Waals surface area contributed by atoms with Gasteiger partial charge in [-0.1, -0.05) is 80.4 Å². The Balaban J connectivity index is 1.67. The monoisotopic (exact) mass is 1000 g/mol.